The van der Waals surface area contributed by atoms with Gasteiger partial charge in [0.05, 0.1) is 0 Å². The molecule has 132 valence electrons. The van der Waals surface area contributed by atoms with Crippen LogP contribution in [0.2, 0.25) is 0 Å². The van der Waals surface area contributed by atoms with Crippen LogP contribution in [0.1, 0.15) is 50.5 Å². The minimum absolute atomic E-state index is 0.0464. The largest absolute Gasteiger partial charge is 0.337 e. The molecule has 25 heavy (non-hydrogen) atoms. The predicted molar refractivity (Wildman–Crippen MR) is 90.6 cm³/mol. The highest BCUT2D eigenvalue weighted by atomic mass is 16.5. The molecular formula is C18H22N4O3. The summed E-state index contributed by atoms with van der Waals surface area (Å²) in [5.41, 5.74) is 0.453. The summed E-state index contributed by atoms with van der Waals surface area (Å²) in [6.45, 7) is 9.51. The molecule has 1 unspecified atom stereocenters. The number of carbonyl (C=O) groups excluding carboxylic acids is 2. The number of imide groups is 1. The Labute approximate surface area is 146 Å². The van der Waals surface area contributed by atoms with Crippen LogP contribution in [0.25, 0.3) is 0 Å². The second kappa shape index (κ2) is 5.68. The first-order chi connectivity index (χ1) is 11.6. The number of hydrogen-bond donors (Lipinski definition) is 1. The Hall–Kier alpha value is -2.70. The lowest BCUT2D eigenvalue weighted by atomic mass is 9.91. The Kier molecular flexibility index (Phi) is 3.89. The van der Waals surface area contributed by atoms with E-state index in [9.17, 15) is 9.59 Å². The average molecular weight is 342 g/mol. The number of rotatable bonds is 3. The molecular weight excluding hydrogens is 320 g/mol. The molecule has 7 nitrogen and oxygen atoms in total. The van der Waals surface area contributed by atoms with Crippen molar-refractivity contribution in [2.24, 2.45) is 0 Å². The maximum Gasteiger partial charge on any atom is 0.325 e. The number of carbonyl (C=O) groups is 2. The zero-order chi connectivity index (χ0) is 18.4. The first-order valence-electron chi connectivity index (χ1n) is 8.15. The van der Waals surface area contributed by atoms with Gasteiger partial charge in [-0.05, 0) is 19.4 Å². The zero-order valence-corrected chi connectivity index (χ0v) is 15.1. The molecule has 0 saturated carbocycles. The van der Waals surface area contributed by atoms with Crippen LogP contribution < -0.4 is 5.32 Å². The fraction of sp³-hybridized carbons (Fsp3) is 0.444. The Morgan fingerprint density at radius 1 is 1.20 bits per heavy atom. The Morgan fingerprint density at radius 2 is 1.84 bits per heavy atom. The van der Waals surface area contributed by atoms with Gasteiger partial charge in [-0.25, -0.2) is 4.79 Å². The van der Waals surface area contributed by atoms with Crippen LogP contribution in [0.15, 0.2) is 28.8 Å². The van der Waals surface area contributed by atoms with E-state index in [1.165, 1.54) is 0 Å². The van der Waals surface area contributed by atoms with E-state index in [1.807, 2.05) is 52.0 Å². The number of urea groups is 1. The van der Waals surface area contributed by atoms with Gasteiger partial charge in [-0.1, -0.05) is 55.8 Å². The first-order valence-corrected chi connectivity index (χ1v) is 8.15. The highest BCUT2D eigenvalue weighted by Gasteiger charge is 2.49. The molecule has 2 heterocycles. The summed E-state index contributed by atoms with van der Waals surface area (Å²) in [5.74, 6) is 0.439. The number of nitrogens with zero attached hydrogens (tertiary/aromatic N) is 3. The van der Waals surface area contributed by atoms with Gasteiger partial charge in [0.2, 0.25) is 5.89 Å². The van der Waals surface area contributed by atoms with E-state index in [-0.39, 0.29) is 23.8 Å². The molecule has 1 saturated heterocycles. The Balaban J connectivity index is 1.84. The molecule has 2 aromatic rings. The highest BCUT2D eigenvalue weighted by Crippen LogP contribution is 2.30. The Morgan fingerprint density at radius 3 is 2.40 bits per heavy atom. The summed E-state index contributed by atoms with van der Waals surface area (Å²) in [4.78, 5) is 30.6. The van der Waals surface area contributed by atoms with Crippen LogP contribution in [0.5, 0.6) is 0 Å². The lowest BCUT2D eigenvalue weighted by molar-refractivity contribution is -0.131. The molecule has 7 heteroatoms. The quantitative estimate of drug-likeness (QED) is 0.866. The molecule has 0 aliphatic carbocycles. The number of hydrogen-bond acceptors (Lipinski definition) is 5. The Bertz CT molecular complexity index is 820. The van der Waals surface area contributed by atoms with Crippen molar-refractivity contribution in [1.82, 2.24) is 20.4 Å². The third-order valence-electron chi connectivity index (χ3n) is 4.34. The lowest BCUT2D eigenvalue weighted by Crippen LogP contribution is -2.40. The van der Waals surface area contributed by atoms with Crippen LogP contribution in [-0.2, 0) is 22.3 Å². The van der Waals surface area contributed by atoms with Crippen molar-refractivity contribution in [3.05, 3.63) is 47.1 Å². The smallest absolute Gasteiger partial charge is 0.325 e. The molecule has 3 amide bonds. The van der Waals surface area contributed by atoms with Crippen LogP contribution >= 0.6 is 0 Å². The normalized spacial score (nSPS) is 20.9. The van der Waals surface area contributed by atoms with Gasteiger partial charge >= 0.3 is 6.03 Å². The maximum absolute atomic E-state index is 12.9. The van der Waals surface area contributed by atoms with E-state index < -0.39 is 11.6 Å². The molecule has 1 N–H and O–H groups in total. The molecule has 1 aliphatic heterocycles. The minimum Gasteiger partial charge on any atom is -0.337 e. The maximum atomic E-state index is 12.9. The van der Waals surface area contributed by atoms with Crippen LogP contribution in [0.3, 0.4) is 0 Å². The van der Waals surface area contributed by atoms with Crippen molar-refractivity contribution < 1.29 is 14.1 Å². The summed E-state index contributed by atoms with van der Waals surface area (Å²) in [6, 6.07) is 7.05. The third-order valence-corrected chi connectivity index (χ3v) is 4.34. The topological polar surface area (TPSA) is 88.3 Å². The van der Waals surface area contributed by atoms with E-state index in [0.29, 0.717) is 5.82 Å². The van der Waals surface area contributed by atoms with Crippen molar-refractivity contribution in [3.8, 4) is 0 Å². The molecule has 1 aromatic carbocycles. The van der Waals surface area contributed by atoms with E-state index in [1.54, 1.807) is 6.92 Å². The highest BCUT2D eigenvalue weighted by molar-refractivity contribution is 6.07. The number of nitrogens with one attached hydrogen (secondary N) is 1. The van der Waals surface area contributed by atoms with Gasteiger partial charge in [0.1, 0.15) is 12.1 Å². The van der Waals surface area contributed by atoms with Gasteiger partial charge in [-0.3, -0.25) is 9.69 Å². The second-order valence-electron chi connectivity index (χ2n) is 7.57. The minimum atomic E-state index is -1.10. The summed E-state index contributed by atoms with van der Waals surface area (Å²) in [7, 11) is 0. The molecule has 1 fully saturated rings. The molecule has 3 rings (SSSR count). The SMILES string of the molecule is Cc1ccc(C2(C)NC(=O)N(Cc3nc(C(C)(C)C)no3)C2=O)cc1. The summed E-state index contributed by atoms with van der Waals surface area (Å²) < 4.78 is 5.20. The number of benzene rings is 1. The molecule has 0 bridgehead atoms. The van der Waals surface area contributed by atoms with Crippen molar-refractivity contribution in [1.29, 1.82) is 0 Å². The number of aryl methyl sites for hydroxylation is 1. The summed E-state index contributed by atoms with van der Waals surface area (Å²) in [6.07, 6.45) is 0. The number of aromatic nitrogens is 2. The van der Waals surface area contributed by atoms with Gasteiger partial charge < -0.3 is 9.84 Å². The lowest BCUT2D eigenvalue weighted by Gasteiger charge is -2.22. The average Bonchev–Trinajstić information content (AvgIpc) is 3.08. The fourth-order valence-corrected chi connectivity index (χ4v) is 2.68. The van der Waals surface area contributed by atoms with Crippen molar-refractivity contribution >= 4 is 11.9 Å². The molecule has 1 aliphatic rings. The third kappa shape index (κ3) is 3.01. The van der Waals surface area contributed by atoms with E-state index in [4.69, 9.17) is 4.52 Å². The van der Waals surface area contributed by atoms with Gasteiger partial charge in [0.25, 0.3) is 5.91 Å². The van der Waals surface area contributed by atoms with E-state index in [2.05, 4.69) is 15.5 Å². The number of amides is 3. The monoisotopic (exact) mass is 342 g/mol. The zero-order valence-electron chi connectivity index (χ0n) is 15.1. The van der Waals surface area contributed by atoms with Crippen molar-refractivity contribution in [2.45, 2.75) is 52.1 Å². The molecule has 1 aromatic heterocycles. The van der Waals surface area contributed by atoms with Crippen molar-refractivity contribution in [2.75, 3.05) is 0 Å². The van der Waals surface area contributed by atoms with Crippen molar-refractivity contribution in [3.63, 3.8) is 0 Å². The fourth-order valence-electron chi connectivity index (χ4n) is 2.68. The van der Waals surface area contributed by atoms with Gasteiger partial charge in [0.15, 0.2) is 5.82 Å². The van der Waals surface area contributed by atoms with Crippen LogP contribution in [0, 0.1) is 6.92 Å². The van der Waals surface area contributed by atoms with E-state index in [0.717, 1.165) is 16.0 Å². The first kappa shape index (κ1) is 17.1. The van der Waals surface area contributed by atoms with Gasteiger partial charge in [-0.2, -0.15) is 4.98 Å². The molecule has 0 spiro atoms. The second-order valence-corrected chi connectivity index (χ2v) is 7.57. The molecule has 0 radical (unpaired) electrons. The summed E-state index contributed by atoms with van der Waals surface area (Å²) >= 11 is 0. The van der Waals surface area contributed by atoms with Crippen LogP contribution in [-0.4, -0.2) is 27.0 Å². The van der Waals surface area contributed by atoms with Crippen LogP contribution in [0.4, 0.5) is 4.79 Å². The van der Waals surface area contributed by atoms with Gasteiger partial charge in [-0.15, -0.1) is 0 Å². The van der Waals surface area contributed by atoms with Gasteiger partial charge in [0, 0.05) is 5.41 Å². The summed E-state index contributed by atoms with van der Waals surface area (Å²) in [5, 5.41) is 6.70. The predicted octanol–water partition coefficient (Wildman–Crippen LogP) is 2.64. The molecule has 1 atom stereocenters. The van der Waals surface area contributed by atoms with E-state index >= 15 is 0 Å². The standard InChI is InChI=1S/C18H22N4O3/c1-11-6-8-12(9-7-11)18(5)15(23)22(16(24)20-18)10-13-19-14(21-25-13)17(2,3)4/h6-9H,10H2,1-5H3,(H,20,24).